The van der Waals surface area contributed by atoms with E-state index in [1.165, 1.54) is 4.90 Å². The smallest absolute Gasteiger partial charge is 0.238 e. The average molecular weight is 649 g/mol. The maximum atomic E-state index is 14.1. The predicted octanol–water partition coefficient (Wildman–Crippen LogP) is 6.25. The van der Waals surface area contributed by atoms with Crippen molar-refractivity contribution in [1.82, 2.24) is 0 Å². The van der Waals surface area contributed by atoms with E-state index in [-0.39, 0.29) is 31.4 Å². The van der Waals surface area contributed by atoms with E-state index in [1.807, 2.05) is 85.8 Å². The molecule has 48 heavy (non-hydrogen) atoms. The Morgan fingerprint density at radius 2 is 1.62 bits per heavy atom. The van der Waals surface area contributed by atoms with Crippen LogP contribution in [0.3, 0.4) is 0 Å². The van der Waals surface area contributed by atoms with E-state index in [0.29, 0.717) is 41.4 Å². The number of hydrogen-bond acceptors (Lipinski definition) is 8. The quantitative estimate of drug-likeness (QED) is 0.0988. The highest BCUT2D eigenvalue weighted by Gasteiger charge is 2.55. The zero-order valence-corrected chi connectivity index (χ0v) is 26.8. The van der Waals surface area contributed by atoms with Crippen molar-refractivity contribution in [3.8, 4) is 5.75 Å². The zero-order chi connectivity index (χ0) is 33.6. The number of aliphatic hydroxyl groups is 3. The molecule has 3 aromatic carbocycles. The summed E-state index contributed by atoms with van der Waals surface area (Å²) in [7, 11) is 0. The minimum Gasteiger partial charge on any atom is -0.489 e. The minimum atomic E-state index is -0.981. The second kappa shape index (κ2) is 14.9. The number of amides is 2. The molecule has 4 aromatic rings. The van der Waals surface area contributed by atoms with Crippen LogP contribution in [0.4, 0.5) is 17.1 Å². The first-order valence-corrected chi connectivity index (χ1v) is 16.2. The highest BCUT2D eigenvalue weighted by molar-refractivity contribution is 6.22. The van der Waals surface area contributed by atoms with Crippen molar-refractivity contribution in [2.75, 3.05) is 23.4 Å². The SMILES string of the molecule is C/C(=C\c1ccc(CO)o1)CC[C@@H](O)C1=C(COc2ccccc2)C[C@H]2C(=O)N(c3ccc(Nc4ccccc4)cc3)C(=O)[C@H]2[C@H]1CO. The van der Waals surface area contributed by atoms with Gasteiger partial charge in [-0.15, -0.1) is 0 Å². The van der Waals surface area contributed by atoms with Crippen LogP contribution in [0.15, 0.2) is 118 Å². The Bertz CT molecular complexity index is 1780. The number of carbonyl (C=O) groups excluding carboxylic acids is 2. The van der Waals surface area contributed by atoms with Crippen molar-refractivity contribution in [3.05, 3.63) is 125 Å². The molecule has 9 heteroatoms. The van der Waals surface area contributed by atoms with Crippen LogP contribution in [0.2, 0.25) is 0 Å². The molecule has 0 unspecified atom stereocenters. The van der Waals surface area contributed by atoms with Gasteiger partial charge in [0.2, 0.25) is 11.8 Å². The van der Waals surface area contributed by atoms with Crippen molar-refractivity contribution >= 4 is 35.0 Å². The number of fused-ring (bicyclic) bond motifs is 1. The second-order valence-corrected chi connectivity index (χ2v) is 12.3. The van der Waals surface area contributed by atoms with Crippen LogP contribution < -0.4 is 15.0 Å². The lowest BCUT2D eigenvalue weighted by Gasteiger charge is -2.36. The Labute approximate surface area is 279 Å². The summed E-state index contributed by atoms with van der Waals surface area (Å²) in [6, 6.07) is 29.6. The third-order valence-corrected chi connectivity index (χ3v) is 9.12. The molecule has 2 aliphatic rings. The molecule has 1 saturated heterocycles. The van der Waals surface area contributed by atoms with Gasteiger partial charge in [0.15, 0.2) is 0 Å². The van der Waals surface area contributed by atoms with Gasteiger partial charge in [0.25, 0.3) is 0 Å². The van der Waals surface area contributed by atoms with E-state index in [2.05, 4.69) is 5.32 Å². The number of nitrogens with one attached hydrogen (secondary N) is 1. The van der Waals surface area contributed by atoms with Gasteiger partial charge < -0.3 is 29.8 Å². The molecule has 1 fully saturated rings. The summed E-state index contributed by atoms with van der Waals surface area (Å²) in [4.78, 5) is 29.2. The molecule has 1 aromatic heterocycles. The number of anilines is 3. The number of imide groups is 1. The van der Waals surface area contributed by atoms with E-state index in [9.17, 15) is 24.9 Å². The molecular formula is C39H40N2O7. The normalized spacial score (nSPS) is 20.2. The van der Waals surface area contributed by atoms with Crippen LogP contribution in [-0.2, 0) is 16.2 Å². The van der Waals surface area contributed by atoms with Gasteiger partial charge >= 0.3 is 0 Å². The van der Waals surface area contributed by atoms with Gasteiger partial charge in [0.05, 0.1) is 30.2 Å². The third-order valence-electron chi connectivity index (χ3n) is 9.12. The molecule has 0 bridgehead atoms. The lowest BCUT2D eigenvalue weighted by atomic mass is 9.68. The summed E-state index contributed by atoms with van der Waals surface area (Å²) in [5.41, 5.74) is 4.42. The lowest BCUT2D eigenvalue weighted by molar-refractivity contribution is -0.123. The first kappa shape index (κ1) is 33.0. The molecule has 0 saturated carbocycles. The van der Waals surface area contributed by atoms with Gasteiger partial charge in [-0.3, -0.25) is 14.5 Å². The van der Waals surface area contributed by atoms with Crippen molar-refractivity contribution in [2.24, 2.45) is 17.8 Å². The molecule has 1 aliphatic heterocycles. The van der Waals surface area contributed by atoms with E-state index in [4.69, 9.17) is 9.15 Å². The van der Waals surface area contributed by atoms with Crippen molar-refractivity contribution in [2.45, 2.75) is 38.9 Å². The van der Waals surface area contributed by atoms with Crippen LogP contribution >= 0.6 is 0 Å². The van der Waals surface area contributed by atoms with Crippen LogP contribution in [-0.4, -0.2) is 46.5 Å². The molecule has 248 valence electrons. The summed E-state index contributed by atoms with van der Waals surface area (Å²) in [6.45, 7) is 1.45. The largest absolute Gasteiger partial charge is 0.489 e. The number of aliphatic hydroxyl groups excluding tert-OH is 3. The third kappa shape index (κ3) is 7.13. The highest BCUT2D eigenvalue weighted by Crippen LogP contribution is 2.47. The Morgan fingerprint density at radius 1 is 0.938 bits per heavy atom. The number of nitrogens with zero attached hydrogens (tertiary/aromatic N) is 1. The van der Waals surface area contributed by atoms with Gasteiger partial charge in [0, 0.05) is 17.3 Å². The summed E-state index contributed by atoms with van der Waals surface area (Å²) < 4.78 is 11.7. The fraction of sp³-hybridized carbons (Fsp3) is 0.282. The first-order chi connectivity index (χ1) is 23.4. The van der Waals surface area contributed by atoms with Crippen molar-refractivity contribution in [3.63, 3.8) is 0 Å². The monoisotopic (exact) mass is 648 g/mol. The zero-order valence-electron chi connectivity index (χ0n) is 26.8. The van der Waals surface area contributed by atoms with Gasteiger partial charge in [-0.05, 0) is 104 Å². The Kier molecular flexibility index (Phi) is 10.2. The molecular weight excluding hydrogens is 608 g/mol. The molecule has 1 aliphatic carbocycles. The summed E-state index contributed by atoms with van der Waals surface area (Å²) in [5, 5.41) is 35.1. The number of furan rings is 1. The summed E-state index contributed by atoms with van der Waals surface area (Å²) >= 11 is 0. The second-order valence-electron chi connectivity index (χ2n) is 12.3. The molecule has 0 spiro atoms. The van der Waals surface area contributed by atoms with Gasteiger partial charge in [-0.25, -0.2) is 0 Å². The number of allylic oxidation sites excluding steroid dienone is 1. The minimum absolute atomic E-state index is 0.114. The first-order valence-electron chi connectivity index (χ1n) is 16.2. The van der Waals surface area contributed by atoms with Crippen LogP contribution in [0.1, 0.15) is 37.7 Å². The van der Waals surface area contributed by atoms with Crippen LogP contribution in [0, 0.1) is 17.8 Å². The maximum Gasteiger partial charge on any atom is 0.238 e. The molecule has 2 heterocycles. The van der Waals surface area contributed by atoms with E-state index in [1.54, 1.807) is 24.3 Å². The Morgan fingerprint density at radius 3 is 2.29 bits per heavy atom. The van der Waals surface area contributed by atoms with Crippen molar-refractivity contribution in [1.29, 1.82) is 0 Å². The van der Waals surface area contributed by atoms with E-state index >= 15 is 0 Å². The standard InChI is InChI=1S/C39H40N2O7/c1-25(20-31-17-18-32(22-42)48-31)12-19-35(44)36-26(24-47-30-10-6-3-7-11-30)21-33-37(34(36)23-43)39(46)41(38(33)45)29-15-13-28(14-16-29)40-27-8-4-2-5-9-27/h2-11,13-18,20,33-35,37,40,42-44H,12,19,21-24H2,1H3/b25-20+/t33-,34+,35-,37-/m1/s1. The lowest BCUT2D eigenvalue weighted by Crippen LogP contribution is -2.40. The molecule has 9 nitrogen and oxygen atoms in total. The van der Waals surface area contributed by atoms with Gasteiger partial charge in [-0.1, -0.05) is 42.0 Å². The molecule has 4 N–H and O–H groups in total. The fourth-order valence-corrected chi connectivity index (χ4v) is 6.81. The summed E-state index contributed by atoms with van der Waals surface area (Å²) in [5.74, 6) is -1.25. The maximum absolute atomic E-state index is 14.1. The number of para-hydroxylation sites is 2. The van der Waals surface area contributed by atoms with Crippen LogP contribution in [0.25, 0.3) is 6.08 Å². The van der Waals surface area contributed by atoms with E-state index in [0.717, 1.165) is 22.5 Å². The molecule has 0 radical (unpaired) electrons. The average Bonchev–Trinajstić information content (AvgIpc) is 3.67. The highest BCUT2D eigenvalue weighted by atomic mass is 16.5. The van der Waals surface area contributed by atoms with Crippen molar-refractivity contribution < 1.29 is 34.1 Å². The number of hydrogen-bond donors (Lipinski definition) is 4. The number of ether oxygens (including phenoxy) is 1. The van der Waals surface area contributed by atoms with Gasteiger partial charge in [0.1, 0.15) is 30.5 Å². The molecule has 6 rings (SSSR count). The number of carbonyl (C=O) groups is 2. The number of rotatable bonds is 13. The van der Waals surface area contributed by atoms with E-state index < -0.39 is 30.5 Å². The fourth-order valence-electron chi connectivity index (χ4n) is 6.81. The molecule has 4 atom stereocenters. The number of benzene rings is 3. The topological polar surface area (TPSA) is 132 Å². The van der Waals surface area contributed by atoms with Gasteiger partial charge in [-0.2, -0.15) is 0 Å². The molecule has 2 amide bonds. The Balaban J connectivity index is 1.24. The summed E-state index contributed by atoms with van der Waals surface area (Å²) in [6.07, 6.45) is 1.96. The Hall–Kier alpha value is -4.96. The van der Waals surface area contributed by atoms with Crippen LogP contribution in [0.5, 0.6) is 5.75 Å². The predicted molar refractivity (Wildman–Crippen MR) is 183 cm³/mol.